The van der Waals surface area contributed by atoms with E-state index in [0.29, 0.717) is 18.7 Å². The van der Waals surface area contributed by atoms with Crippen LogP contribution < -0.4 is 5.32 Å². The van der Waals surface area contributed by atoms with Gasteiger partial charge in [-0.2, -0.15) is 5.10 Å². The number of carbonyl (C=O) groups is 2. The highest BCUT2D eigenvalue weighted by Crippen LogP contribution is 2.21. The van der Waals surface area contributed by atoms with Crippen molar-refractivity contribution < 1.29 is 9.59 Å². The van der Waals surface area contributed by atoms with Crippen LogP contribution in [0.5, 0.6) is 0 Å². The monoisotopic (exact) mass is 384 g/mol. The van der Waals surface area contributed by atoms with Gasteiger partial charge in [0.1, 0.15) is 0 Å². The lowest BCUT2D eigenvalue weighted by molar-refractivity contribution is -0.126. The zero-order valence-corrected chi connectivity index (χ0v) is 16.1. The molecule has 1 saturated carbocycles. The lowest BCUT2D eigenvalue weighted by atomic mass is 10.2. The molecule has 7 heteroatoms. The number of aromatic nitrogens is 2. The minimum absolute atomic E-state index is 0.0276. The van der Waals surface area contributed by atoms with Gasteiger partial charge in [-0.15, -0.1) is 11.3 Å². The quantitative estimate of drug-likeness (QED) is 0.824. The van der Waals surface area contributed by atoms with Crippen LogP contribution in [-0.2, 0) is 17.9 Å². The fourth-order valence-electron chi connectivity index (χ4n) is 3.80. The number of aryl methyl sites for hydroxylation is 1. The van der Waals surface area contributed by atoms with E-state index in [2.05, 4.69) is 10.4 Å². The van der Waals surface area contributed by atoms with Gasteiger partial charge in [0.25, 0.3) is 5.91 Å². The highest BCUT2D eigenvalue weighted by atomic mass is 32.1. The van der Waals surface area contributed by atoms with E-state index in [9.17, 15) is 9.59 Å². The molecule has 2 amide bonds. The summed E-state index contributed by atoms with van der Waals surface area (Å²) in [6.07, 6.45) is 10.4. The van der Waals surface area contributed by atoms with Crippen LogP contribution in [0.4, 0.5) is 0 Å². The summed E-state index contributed by atoms with van der Waals surface area (Å²) >= 11 is 1.60. The summed E-state index contributed by atoms with van der Waals surface area (Å²) in [7, 11) is 0. The molecule has 4 rings (SSSR count). The predicted molar refractivity (Wildman–Crippen MR) is 105 cm³/mol. The van der Waals surface area contributed by atoms with Crippen molar-refractivity contribution in [3.63, 3.8) is 0 Å². The average Bonchev–Trinajstić information content (AvgIpc) is 3.40. The normalized spacial score (nSPS) is 17.9. The Morgan fingerprint density at radius 3 is 2.85 bits per heavy atom. The van der Waals surface area contributed by atoms with E-state index < -0.39 is 0 Å². The minimum Gasteiger partial charge on any atom is -0.349 e. The second-order valence-corrected chi connectivity index (χ2v) is 8.12. The highest BCUT2D eigenvalue weighted by molar-refractivity contribution is 7.10. The molecule has 2 aromatic heterocycles. The summed E-state index contributed by atoms with van der Waals surface area (Å²) in [4.78, 5) is 28.2. The summed E-state index contributed by atoms with van der Waals surface area (Å²) in [6.45, 7) is 1.81. The van der Waals surface area contributed by atoms with Crippen molar-refractivity contribution in [3.05, 3.63) is 45.9 Å². The Balaban J connectivity index is 1.48. The Hall–Kier alpha value is -2.41. The first-order chi connectivity index (χ1) is 13.2. The van der Waals surface area contributed by atoms with Crippen molar-refractivity contribution in [2.45, 2.75) is 51.2 Å². The molecule has 2 aromatic rings. The molecular formula is C20H24N4O2S. The third kappa shape index (κ3) is 4.13. The molecule has 6 nitrogen and oxygen atoms in total. The Morgan fingerprint density at radius 2 is 2.07 bits per heavy atom. The average molecular weight is 385 g/mol. The molecule has 142 valence electrons. The van der Waals surface area contributed by atoms with E-state index in [1.165, 1.54) is 12.8 Å². The van der Waals surface area contributed by atoms with Gasteiger partial charge in [-0.1, -0.05) is 18.9 Å². The van der Waals surface area contributed by atoms with Gasteiger partial charge in [0, 0.05) is 30.1 Å². The number of hydrogen-bond acceptors (Lipinski definition) is 4. The number of nitrogens with zero attached hydrogens (tertiary/aromatic N) is 3. The summed E-state index contributed by atoms with van der Waals surface area (Å²) in [5, 5.41) is 9.52. The van der Waals surface area contributed by atoms with E-state index in [1.807, 2.05) is 28.3 Å². The van der Waals surface area contributed by atoms with E-state index in [4.69, 9.17) is 0 Å². The van der Waals surface area contributed by atoms with E-state index in [0.717, 1.165) is 36.4 Å². The van der Waals surface area contributed by atoms with Gasteiger partial charge in [0.05, 0.1) is 24.0 Å². The molecule has 0 aromatic carbocycles. The van der Waals surface area contributed by atoms with Crippen molar-refractivity contribution in [3.8, 4) is 0 Å². The van der Waals surface area contributed by atoms with Crippen LogP contribution in [0.1, 0.15) is 53.0 Å². The van der Waals surface area contributed by atoms with E-state index in [-0.39, 0.29) is 17.9 Å². The van der Waals surface area contributed by atoms with Gasteiger partial charge in [-0.25, -0.2) is 0 Å². The molecular weight excluding hydrogens is 360 g/mol. The third-order valence-corrected chi connectivity index (χ3v) is 6.10. The van der Waals surface area contributed by atoms with Gasteiger partial charge in [-0.05, 0) is 36.8 Å². The Labute approximate surface area is 162 Å². The number of rotatable bonds is 4. The van der Waals surface area contributed by atoms with E-state index in [1.54, 1.807) is 28.5 Å². The maximum Gasteiger partial charge on any atom is 0.255 e. The molecule has 1 aliphatic heterocycles. The Kier molecular flexibility index (Phi) is 5.38. The molecule has 1 fully saturated rings. The zero-order valence-electron chi connectivity index (χ0n) is 15.3. The summed E-state index contributed by atoms with van der Waals surface area (Å²) < 4.78 is 1.87. The number of fused-ring (bicyclic) bond motifs is 1. The first-order valence-corrected chi connectivity index (χ1v) is 10.4. The molecule has 0 spiro atoms. The second-order valence-electron chi connectivity index (χ2n) is 7.15. The van der Waals surface area contributed by atoms with Crippen molar-refractivity contribution >= 4 is 29.2 Å². The van der Waals surface area contributed by atoms with Crippen molar-refractivity contribution in [1.82, 2.24) is 20.0 Å². The Morgan fingerprint density at radius 1 is 1.22 bits per heavy atom. The Bertz CT molecular complexity index is 834. The van der Waals surface area contributed by atoms with Gasteiger partial charge in [0.15, 0.2) is 0 Å². The largest absolute Gasteiger partial charge is 0.349 e. The summed E-state index contributed by atoms with van der Waals surface area (Å²) in [5.41, 5.74) is 1.43. The lowest BCUT2D eigenvalue weighted by Crippen LogP contribution is -2.34. The number of hydrogen-bond donors (Lipinski definition) is 1. The third-order valence-electron chi connectivity index (χ3n) is 5.27. The summed E-state index contributed by atoms with van der Waals surface area (Å²) in [5.74, 6) is -0.0909. The van der Waals surface area contributed by atoms with Crippen molar-refractivity contribution in [1.29, 1.82) is 0 Å². The fraction of sp³-hybridized carbons (Fsp3) is 0.450. The second kappa shape index (κ2) is 8.08. The minimum atomic E-state index is -0.0634. The maximum absolute atomic E-state index is 12.7. The van der Waals surface area contributed by atoms with Crippen LogP contribution >= 0.6 is 11.3 Å². The van der Waals surface area contributed by atoms with Crippen LogP contribution in [-0.4, -0.2) is 39.1 Å². The van der Waals surface area contributed by atoms with Crippen molar-refractivity contribution in [2.24, 2.45) is 0 Å². The molecule has 1 N–H and O–H groups in total. The molecule has 0 radical (unpaired) electrons. The molecule has 0 unspecified atom stereocenters. The first kappa shape index (κ1) is 18.0. The molecule has 3 heterocycles. The van der Waals surface area contributed by atoms with Crippen LogP contribution in [0, 0.1) is 0 Å². The SMILES string of the molecule is O=C(NC1CCCC1)c1cnn2c1CN(C(=O)/C=C/c1cccs1)CCC2. The van der Waals surface area contributed by atoms with Gasteiger partial charge in [0.2, 0.25) is 5.91 Å². The van der Waals surface area contributed by atoms with Crippen LogP contribution in [0.25, 0.3) is 6.08 Å². The molecule has 2 aliphatic rings. The number of carbonyl (C=O) groups excluding carboxylic acids is 2. The molecule has 27 heavy (non-hydrogen) atoms. The van der Waals surface area contributed by atoms with Gasteiger partial charge >= 0.3 is 0 Å². The molecule has 0 bridgehead atoms. The van der Waals surface area contributed by atoms with Crippen LogP contribution in [0.15, 0.2) is 29.8 Å². The van der Waals surface area contributed by atoms with Crippen LogP contribution in [0.2, 0.25) is 0 Å². The number of thiophene rings is 1. The fourth-order valence-corrected chi connectivity index (χ4v) is 4.42. The van der Waals surface area contributed by atoms with Crippen molar-refractivity contribution in [2.75, 3.05) is 6.54 Å². The molecule has 1 aliphatic carbocycles. The smallest absolute Gasteiger partial charge is 0.255 e. The van der Waals surface area contributed by atoms with Gasteiger partial charge in [-0.3, -0.25) is 14.3 Å². The number of amides is 2. The highest BCUT2D eigenvalue weighted by Gasteiger charge is 2.26. The summed E-state index contributed by atoms with van der Waals surface area (Å²) in [6, 6.07) is 4.22. The lowest BCUT2D eigenvalue weighted by Gasteiger charge is -2.19. The zero-order chi connectivity index (χ0) is 18.6. The van der Waals surface area contributed by atoms with E-state index >= 15 is 0 Å². The molecule has 0 atom stereocenters. The topological polar surface area (TPSA) is 67.2 Å². The maximum atomic E-state index is 12.7. The molecule has 0 saturated heterocycles. The van der Waals surface area contributed by atoms with Gasteiger partial charge < -0.3 is 10.2 Å². The number of nitrogens with one attached hydrogen (secondary N) is 1. The first-order valence-electron chi connectivity index (χ1n) is 9.57. The van der Waals surface area contributed by atoms with Crippen LogP contribution in [0.3, 0.4) is 0 Å². The standard InChI is InChI=1S/C20H24N4O2S/c25-19(9-8-16-7-3-12-27-16)23-10-4-11-24-18(14-23)17(13-21-24)20(26)22-15-5-1-2-6-15/h3,7-9,12-13,15H,1-2,4-6,10-11,14H2,(H,22,26)/b9-8+. The predicted octanol–water partition coefficient (Wildman–Crippen LogP) is 3.06.